The fourth-order valence-electron chi connectivity index (χ4n) is 3.95. The van der Waals surface area contributed by atoms with E-state index >= 15 is 0 Å². The standard InChI is InChI=1S/C21H24ClN3O3S/c22-16-6-9-19(23-13-16)25-21(26)18(11-14-3-1-2-4-14)15-5-10-20(24-12-15)29(27,28)17-7-8-17/h5-6,9-10,12-14,17-18H,1-4,7-8,11H2,(H,23,25,26). The summed E-state index contributed by atoms with van der Waals surface area (Å²) in [7, 11) is -3.34. The van der Waals surface area contributed by atoms with Gasteiger partial charge in [-0.1, -0.05) is 43.4 Å². The van der Waals surface area contributed by atoms with Crippen LogP contribution in [-0.2, 0) is 14.6 Å². The molecule has 2 aromatic heterocycles. The summed E-state index contributed by atoms with van der Waals surface area (Å²) < 4.78 is 24.8. The van der Waals surface area contributed by atoms with E-state index in [0.717, 1.165) is 24.8 Å². The highest BCUT2D eigenvalue weighted by Crippen LogP contribution is 2.36. The Bertz CT molecular complexity index is 967. The van der Waals surface area contributed by atoms with Crippen molar-refractivity contribution >= 4 is 33.2 Å². The molecular weight excluding hydrogens is 410 g/mol. The van der Waals surface area contributed by atoms with E-state index in [0.29, 0.717) is 29.6 Å². The summed E-state index contributed by atoms with van der Waals surface area (Å²) in [5.74, 6) is 0.364. The molecule has 0 saturated heterocycles. The smallest absolute Gasteiger partial charge is 0.233 e. The van der Waals surface area contributed by atoms with E-state index < -0.39 is 15.8 Å². The highest BCUT2D eigenvalue weighted by atomic mass is 35.5. The molecule has 1 unspecified atom stereocenters. The number of aromatic nitrogens is 2. The molecule has 2 heterocycles. The zero-order valence-corrected chi connectivity index (χ0v) is 17.6. The molecule has 1 atom stereocenters. The van der Waals surface area contributed by atoms with Gasteiger partial charge in [0.15, 0.2) is 14.9 Å². The second-order valence-electron chi connectivity index (χ2n) is 7.96. The predicted molar refractivity (Wildman–Crippen MR) is 112 cm³/mol. The lowest BCUT2D eigenvalue weighted by Crippen LogP contribution is -2.24. The van der Waals surface area contributed by atoms with E-state index in [2.05, 4.69) is 15.3 Å². The normalized spacial score (nSPS) is 18.5. The number of sulfone groups is 1. The van der Waals surface area contributed by atoms with Crippen molar-refractivity contribution in [1.29, 1.82) is 0 Å². The number of pyridine rings is 2. The minimum absolute atomic E-state index is 0.100. The molecule has 1 amide bonds. The van der Waals surface area contributed by atoms with Crippen molar-refractivity contribution in [3.63, 3.8) is 0 Å². The third-order valence-electron chi connectivity index (χ3n) is 5.76. The van der Waals surface area contributed by atoms with Crippen molar-refractivity contribution in [3.8, 4) is 0 Å². The van der Waals surface area contributed by atoms with Crippen LogP contribution in [0.1, 0.15) is 56.4 Å². The van der Waals surface area contributed by atoms with Gasteiger partial charge in [0.25, 0.3) is 0 Å². The third-order valence-corrected chi connectivity index (χ3v) is 8.15. The van der Waals surface area contributed by atoms with E-state index in [9.17, 15) is 13.2 Å². The van der Waals surface area contributed by atoms with Gasteiger partial charge in [0.05, 0.1) is 16.2 Å². The molecule has 154 valence electrons. The number of nitrogens with one attached hydrogen (secondary N) is 1. The number of nitrogens with zero attached hydrogens (tertiary/aromatic N) is 2. The Labute approximate surface area is 176 Å². The van der Waals surface area contributed by atoms with Crippen LogP contribution < -0.4 is 5.32 Å². The molecule has 2 aromatic rings. The first-order chi connectivity index (χ1) is 13.9. The van der Waals surface area contributed by atoms with E-state index in [-0.39, 0.29) is 16.2 Å². The number of anilines is 1. The molecule has 2 aliphatic carbocycles. The number of rotatable bonds is 7. The van der Waals surface area contributed by atoms with Gasteiger partial charge in [-0.25, -0.2) is 18.4 Å². The highest BCUT2D eigenvalue weighted by Gasteiger charge is 2.38. The summed E-state index contributed by atoms with van der Waals surface area (Å²) in [5.41, 5.74) is 0.734. The number of carbonyl (C=O) groups excluding carboxylic acids is 1. The number of hydrogen-bond donors (Lipinski definition) is 1. The Morgan fingerprint density at radius 2 is 1.83 bits per heavy atom. The molecule has 0 aromatic carbocycles. The van der Waals surface area contributed by atoms with Crippen molar-refractivity contribution in [2.75, 3.05) is 5.32 Å². The maximum absolute atomic E-state index is 13.1. The lowest BCUT2D eigenvalue weighted by atomic mass is 9.88. The highest BCUT2D eigenvalue weighted by molar-refractivity contribution is 7.92. The van der Waals surface area contributed by atoms with Crippen molar-refractivity contribution in [3.05, 3.63) is 47.2 Å². The SMILES string of the molecule is O=C(Nc1ccc(Cl)cn1)C(CC1CCCC1)c1ccc(S(=O)(=O)C2CC2)nc1. The topological polar surface area (TPSA) is 89.0 Å². The van der Waals surface area contributed by atoms with Crippen LogP contribution in [0.4, 0.5) is 5.82 Å². The van der Waals surface area contributed by atoms with Gasteiger partial charge in [0, 0.05) is 12.4 Å². The average Bonchev–Trinajstić information content (AvgIpc) is 3.46. The fourth-order valence-corrected chi connectivity index (χ4v) is 5.62. The maximum atomic E-state index is 13.1. The van der Waals surface area contributed by atoms with Gasteiger partial charge in [-0.2, -0.15) is 0 Å². The Balaban J connectivity index is 1.55. The minimum Gasteiger partial charge on any atom is -0.310 e. The summed E-state index contributed by atoms with van der Waals surface area (Å²) in [4.78, 5) is 21.4. The molecule has 8 heteroatoms. The van der Waals surface area contributed by atoms with Crippen LogP contribution >= 0.6 is 11.6 Å². The van der Waals surface area contributed by atoms with Gasteiger partial charge in [0.2, 0.25) is 5.91 Å². The lowest BCUT2D eigenvalue weighted by Gasteiger charge is -2.20. The zero-order chi connectivity index (χ0) is 20.4. The predicted octanol–water partition coefficient (Wildman–Crippen LogP) is 4.37. The van der Waals surface area contributed by atoms with Gasteiger partial charge >= 0.3 is 0 Å². The molecule has 2 aliphatic rings. The summed E-state index contributed by atoms with van der Waals surface area (Å²) in [5, 5.41) is 3.17. The van der Waals surface area contributed by atoms with E-state index in [4.69, 9.17) is 11.6 Å². The molecule has 2 saturated carbocycles. The van der Waals surface area contributed by atoms with Crippen molar-refractivity contribution in [2.24, 2.45) is 5.92 Å². The van der Waals surface area contributed by atoms with Gasteiger partial charge in [0.1, 0.15) is 5.82 Å². The van der Waals surface area contributed by atoms with Crippen LogP contribution in [0.25, 0.3) is 0 Å². The number of carbonyl (C=O) groups is 1. The second kappa shape index (κ2) is 8.40. The third kappa shape index (κ3) is 4.78. The molecule has 0 aliphatic heterocycles. The molecule has 1 N–H and O–H groups in total. The van der Waals surface area contributed by atoms with Crippen LogP contribution in [0.15, 0.2) is 41.7 Å². The van der Waals surface area contributed by atoms with Gasteiger partial charge < -0.3 is 5.32 Å². The monoisotopic (exact) mass is 433 g/mol. The maximum Gasteiger partial charge on any atom is 0.233 e. The van der Waals surface area contributed by atoms with Crippen LogP contribution in [0.3, 0.4) is 0 Å². The Morgan fingerprint density at radius 3 is 2.41 bits per heavy atom. The van der Waals surface area contributed by atoms with Gasteiger partial charge in [-0.15, -0.1) is 0 Å². The van der Waals surface area contributed by atoms with Crippen LogP contribution in [0.2, 0.25) is 5.02 Å². The van der Waals surface area contributed by atoms with Crippen molar-refractivity contribution in [1.82, 2.24) is 9.97 Å². The largest absolute Gasteiger partial charge is 0.310 e. The second-order valence-corrected chi connectivity index (χ2v) is 10.6. The fraction of sp³-hybridized carbons (Fsp3) is 0.476. The van der Waals surface area contributed by atoms with E-state index in [1.54, 1.807) is 30.5 Å². The Morgan fingerprint density at radius 1 is 1.07 bits per heavy atom. The van der Waals surface area contributed by atoms with Gasteiger partial charge in [-0.05, 0) is 48.9 Å². The Hall–Kier alpha value is -1.99. The van der Waals surface area contributed by atoms with Crippen molar-refractivity contribution in [2.45, 2.75) is 61.1 Å². The Kier molecular flexibility index (Phi) is 5.88. The molecule has 6 nitrogen and oxygen atoms in total. The minimum atomic E-state index is -3.34. The van der Waals surface area contributed by atoms with E-state index in [1.807, 2.05) is 0 Å². The first-order valence-corrected chi connectivity index (χ1v) is 12.0. The summed E-state index contributed by atoms with van der Waals surface area (Å²) in [6.45, 7) is 0. The van der Waals surface area contributed by atoms with Crippen LogP contribution in [0.5, 0.6) is 0 Å². The molecule has 4 rings (SSSR count). The summed E-state index contributed by atoms with van der Waals surface area (Å²) >= 11 is 5.87. The zero-order valence-electron chi connectivity index (χ0n) is 16.1. The number of amides is 1. The van der Waals surface area contributed by atoms with Crippen LogP contribution in [0, 0.1) is 5.92 Å². The lowest BCUT2D eigenvalue weighted by molar-refractivity contribution is -0.118. The van der Waals surface area contributed by atoms with Crippen LogP contribution in [-0.4, -0.2) is 29.5 Å². The first kappa shape index (κ1) is 20.3. The molecule has 0 radical (unpaired) electrons. The molecule has 2 fully saturated rings. The number of hydrogen-bond acceptors (Lipinski definition) is 5. The molecule has 29 heavy (non-hydrogen) atoms. The molecule has 0 bridgehead atoms. The average molecular weight is 434 g/mol. The molecular formula is C21H24ClN3O3S. The first-order valence-electron chi connectivity index (χ1n) is 10.1. The van der Waals surface area contributed by atoms with E-state index in [1.165, 1.54) is 19.0 Å². The number of halogens is 1. The molecule has 0 spiro atoms. The quantitative estimate of drug-likeness (QED) is 0.700. The van der Waals surface area contributed by atoms with Gasteiger partial charge in [-0.3, -0.25) is 4.79 Å². The summed E-state index contributed by atoms with van der Waals surface area (Å²) in [6, 6.07) is 6.61. The summed E-state index contributed by atoms with van der Waals surface area (Å²) in [6.07, 6.45) is 9.76. The van der Waals surface area contributed by atoms with Crippen molar-refractivity contribution < 1.29 is 13.2 Å².